The highest BCUT2D eigenvalue weighted by molar-refractivity contribution is 5.76. The average Bonchev–Trinajstić information content (AvgIpc) is 2.91. The first-order valence-corrected chi connectivity index (χ1v) is 13.3. The molecule has 2 aromatic carbocycles. The van der Waals surface area contributed by atoms with Gasteiger partial charge in [-0.3, -0.25) is 4.79 Å². The van der Waals surface area contributed by atoms with Crippen LogP contribution in [-0.4, -0.2) is 55.3 Å². The molecule has 8 heteroatoms. The van der Waals surface area contributed by atoms with Crippen LogP contribution in [0.1, 0.15) is 56.6 Å². The van der Waals surface area contributed by atoms with E-state index in [1.165, 1.54) is 6.07 Å². The molecule has 1 unspecified atom stereocenters. The molecule has 0 aromatic heterocycles. The van der Waals surface area contributed by atoms with Crippen molar-refractivity contribution >= 4 is 12.0 Å². The Labute approximate surface area is 219 Å². The Morgan fingerprint density at radius 2 is 2.03 bits per heavy atom. The second-order valence-corrected chi connectivity index (χ2v) is 9.80. The quantitative estimate of drug-likeness (QED) is 0.366. The number of halogens is 1. The predicted molar refractivity (Wildman–Crippen MR) is 142 cm³/mol. The van der Waals surface area contributed by atoms with Crippen molar-refractivity contribution in [1.29, 1.82) is 0 Å². The lowest BCUT2D eigenvalue weighted by molar-refractivity contribution is -0.137. The van der Waals surface area contributed by atoms with Gasteiger partial charge in [0.2, 0.25) is 5.91 Å². The molecule has 0 saturated carbocycles. The summed E-state index contributed by atoms with van der Waals surface area (Å²) < 4.78 is 20.4. The maximum atomic E-state index is 15.5. The number of nitrogens with zero attached hydrogens (tertiary/aromatic N) is 1. The first kappa shape index (κ1) is 28.6. The number of aryl methyl sites for hydroxylation is 1. The second-order valence-electron chi connectivity index (χ2n) is 9.80. The number of primary amides is 1. The third kappa shape index (κ3) is 7.29. The summed E-state index contributed by atoms with van der Waals surface area (Å²) in [6, 6.07) is 12.5. The molecule has 202 valence electrons. The van der Waals surface area contributed by atoms with Crippen molar-refractivity contribution in [2.75, 3.05) is 33.3 Å². The van der Waals surface area contributed by atoms with Gasteiger partial charge in [0.05, 0.1) is 12.2 Å². The second kappa shape index (κ2) is 13.5. The van der Waals surface area contributed by atoms with Gasteiger partial charge in [0, 0.05) is 31.0 Å². The number of carbonyl (C=O) groups excluding carboxylic acids is 2. The minimum absolute atomic E-state index is 0.0486. The van der Waals surface area contributed by atoms with E-state index >= 15 is 4.39 Å². The number of hydrogen-bond donors (Lipinski definition) is 3. The van der Waals surface area contributed by atoms with E-state index in [0.717, 1.165) is 31.4 Å². The number of amides is 2. The number of benzene rings is 2. The maximum absolute atomic E-state index is 15.5. The van der Waals surface area contributed by atoms with Crippen molar-refractivity contribution in [3.05, 3.63) is 59.4 Å². The fourth-order valence-corrected chi connectivity index (χ4v) is 5.37. The van der Waals surface area contributed by atoms with Gasteiger partial charge in [0.25, 0.3) is 0 Å². The van der Waals surface area contributed by atoms with Gasteiger partial charge in [-0.2, -0.15) is 0 Å². The molecular formula is C29H40FN3O4. The maximum Gasteiger partial charge on any atom is 0.404 e. The standard InChI is InChI=1S/C29H40FN3O4/c1-3-21-9-4-10-22(19-21)27-24(12-5-13-25(27)30)29(36,15-8-18-37-28(31)35)23-11-7-17-33(20-23)26(34)14-6-16-32-2/h4-5,9-10,12-13,19,23,32,36H,3,6-8,11,14-18,20H2,1-2H3,(H2,31,35)/t23?,29-/m0/s1. The van der Waals surface area contributed by atoms with E-state index in [1.807, 2.05) is 43.1 Å². The minimum Gasteiger partial charge on any atom is -0.450 e. The van der Waals surface area contributed by atoms with Crippen molar-refractivity contribution in [2.24, 2.45) is 11.7 Å². The van der Waals surface area contributed by atoms with Crippen molar-refractivity contribution in [1.82, 2.24) is 10.2 Å². The first-order valence-electron chi connectivity index (χ1n) is 13.3. The van der Waals surface area contributed by atoms with Gasteiger partial charge in [-0.05, 0) is 74.9 Å². The molecule has 1 aliphatic rings. The molecule has 2 aromatic rings. The van der Waals surface area contributed by atoms with Crippen LogP contribution in [0.15, 0.2) is 42.5 Å². The van der Waals surface area contributed by atoms with Gasteiger partial charge in [0.15, 0.2) is 0 Å². The number of carbonyl (C=O) groups is 2. The molecule has 4 N–H and O–H groups in total. The van der Waals surface area contributed by atoms with Crippen LogP contribution in [0.3, 0.4) is 0 Å². The molecule has 0 bridgehead atoms. The van der Waals surface area contributed by atoms with Crippen LogP contribution in [-0.2, 0) is 21.6 Å². The summed E-state index contributed by atoms with van der Waals surface area (Å²) in [6.45, 7) is 3.88. The van der Waals surface area contributed by atoms with E-state index in [2.05, 4.69) is 5.32 Å². The van der Waals surface area contributed by atoms with E-state index < -0.39 is 17.5 Å². The number of rotatable bonds is 12. The lowest BCUT2D eigenvalue weighted by Crippen LogP contribution is -2.48. The summed E-state index contributed by atoms with van der Waals surface area (Å²) in [4.78, 5) is 25.8. The molecule has 0 aliphatic carbocycles. The van der Waals surface area contributed by atoms with Crippen LogP contribution in [0.25, 0.3) is 11.1 Å². The monoisotopic (exact) mass is 513 g/mol. The van der Waals surface area contributed by atoms with E-state index in [1.54, 1.807) is 12.1 Å². The van der Waals surface area contributed by atoms with Crippen molar-refractivity contribution in [3.63, 3.8) is 0 Å². The molecule has 2 amide bonds. The van der Waals surface area contributed by atoms with E-state index in [-0.39, 0.29) is 24.9 Å². The number of piperidine rings is 1. The molecule has 0 spiro atoms. The fraction of sp³-hybridized carbons (Fsp3) is 0.517. The Morgan fingerprint density at radius 3 is 2.76 bits per heavy atom. The molecule has 7 nitrogen and oxygen atoms in total. The summed E-state index contributed by atoms with van der Waals surface area (Å²) in [6.07, 6.45) is 3.13. The number of nitrogens with two attached hydrogens (primary N) is 1. The zero-order valence-corrected chi connectivity index (χ0v) is 22.0. The van der Waals surface area contributed by atoms with Gasteiger partial charge in [-0.15, -0.1) is 0 Å². The lowest BCUT2D eigenvalue weighted by Gasteiger charge is -2.43. The van der Waals surface area contributed by atoms with Crippen LogP contribution in [0, 0.1) is 11.7 Å². The Bertz CT molecular complexity index is 1060. The van der Waals surface area contributed by atoms with Crippen molar-refractivity contribution in [2.45, 2.75) is 57.5 Å². The van der Waals surface area contributed by atoms with E-state index in [4.69, 9.17) is 10.5 Å². The van der Waals surface area contributed by atoms with Gasteiger partial charge in [0.1, 0.15) is 5.82 Å². The van der Waals surface area contributed by atoms with Crippen LogP contribution in [0.4, 0.5) is 9.18 Å². The summed E-state index contributed by atoms with van der Waals surface area (Å²) in [5.74, 6) is -0.652. The highest BCUT2D eigenvalue weighted by Crippen LogP contribution is 2.44. The van der Waals surface area contributed by atoms with Crippen LogP contribution >= 0.6 is 0 Å². The summed E-state index contributed by atoms with van der Waals surface area (Å²) in [5.41, 5.74) is 6.32. The molecule has 1 heterocycles. The zero-order valence-electron chi connectivity index (χ0n) is 22.0. The van der Waals surface area contributed by atoms with Gasteiger partial charge in [-0.25, -0.2) is 9.18 Å². The molecule has 1 fully saturated rings. The average molecular weight is 514 g/mol. The zero-order chi connectivity index (χ0) is 26.8. The SMILES string of the molecule is CCc1cccc(-c2c(F)cccc2[C@](O)(CCCOC(N)=O)C2CCCN(C(=O)CCCNC)C2)c1. The van der Waals surface area contributed by atoms with Gasteiger partial charge in [-0.1, -0.05) is 43.3 Å². The highest BCUT2D eigenvalue weighted by atomic mass is 19.1. The van der Waals surface area contributed by atoms with Crippen LogP contribution in [0.5, 0.6) is 0 Å². The predicted octanol–water partition coefficient (Wildman–Crippen LogP) is 4.36. The van der Waals surface area contributed by atoms with Crippen molar-refractivity contribution in [3.8, 4) is 11.1 Å². The third-order valence-electron chi connectivity index (χ3n) is 7.32. The largest absolute Gasteiger partial charge is 0.450 e. The van der Waals surface area contributed by atoms with Crippen molar-refractivity contribution < 1.29 is 23.8 Å². The molecule has 0 radical (unpaired) electrons. The first-order chi connectivity index (χ1) is 17.8. The van der Waals surface area contributed by atoms with Gasteiger partial charge >= 0.3 is 6.09 Å². The Hall–Kier alpha value is -2.97. The Kier molecular flexibility index (Phi) is 10.5. The number of hydrogen-bond acceptors (Lipinski definition) is 5. The molecule has 37 heavy (non-hydrogen) atoms. The summed E-state index contributed by atoms with van der Waals surface area (Å²) in [5, 5.41) is 15.5. The van der Waals surface area contributed by atoms with Crippen LogP contribution < -0.4 is 11.1 Å². The normalized spacial score (nSPS) is 17.3. The minimum atomic E-state index is -1.44. The van der Waals surface area contributed by atoms with E-state index in [9.17, 15) is 14.7 Å². The van der Waals surface area contributed by atoms with E-state index in [0.29, 0.717) is 49.0 Å². The fourth-order valence-electron chi connectivity index (χ4n) is 5.37. The molecule has 1 saturated heterocycles. The van der Waals surface area contributed by atoms with Gasteiger partial charge < -0.3 is 25.8 Å². The number of likely N-dealkylation sites (tertiary alicyclic amines) is 1. The smallest absolute Gasteiger partial charge is 0.404 e. The Morgan fingerprint density at radius 1 is 1.24 bits per heavy atom. The number of nitrogens with one attached hydrogen (secondary N) is 1. The topological polar surface area (TPSA) is 105 Å². The van der Waals surface area contributed by atoms with Crippen LogP contribution in [0.2, 0.25) is 0 Å². The summed E-state index contributed by atoms with van der Waals surface area (Å²) in [7, 11) is 1.86. The number of aliphatic hydroxyl groups is 1. The molecule has 1 aliphatic heterocycles. The molecule has 3 rings (SSSR count). The highest BCUT2D eigenvalue weighted by Gasteiger charge is 2.43. The number of ether oxygens (including phenoxy) is 1. The summed E-state index contributed by atoms with van der Waals surface area (Å²) >= 11 is 0. The third-order valence-corrected chi connectivity index (χ3v) is 7.32. The lowest BCUT2D eigenvalue weighted by atomic mass is 9.72. The molecule has 2 atom stereocenters. The Balaban J connectivity index is 1.99. The molecular weight excluding hydrogens is 473 g/mol.